The van der Waals surface area contributed by atoms with Crippen molar-refractivity contribution < 1.29 is 9.59 Å². The normalized spacial score (nSPS) is 22.4. The number of amides is 2. The van der Waals surface area contributed by atoms with E-state index in [1.807, 2.05) is 36.9 Å². The van der Waals surface area contributed by atoms with Crippen molar-refractivity contribution in [2.45, 2.75) is 57.9 Å². The van der Waals surface area contributed by atoms with Crippen LogP contribution in [0.2, 0.25) is 10.0 Å². The molecule has 2 aromatic rings. The second-order valence-electron chi connectivity index (χ2n) is 9.18. The van der Waals surface area contributed by atoms with E-state index < -0.39 is 5.41 Å². The van der Waals surface area contributed by atoms with Gasteiger partial charge in [-0.15, -0.1) is 0 Å². The van der Waals surface area contributed by atoms with Crippen molar-refractivity contribution in [1.29, 1.82) is 0 Å². The van der Waals surface area contributed by atoms with E-state index in [-0.39, 0.29) is 17.9 Å². The van der Waals surface area contributed by atoms with Crippen molar-refractivity contribution in [2.24, 2.45) is 5.92 Å². The number of aromatic nitrogens is 1. The molecule has 5 nitrogen and oxygen atoms in total. The second-order valence-corrected chi connectivity index (χ2v) is 10.1. The van der Waals surface area contributed by atoms with Crippen LogP contribution in [0.1, 0.15) is 61.1 Å². The Morgan fingerprint density at radius 3 is 2.58 bits per heavy atom. The predicted octanol–water partition coefficient (Wildman–Crippen LogP) is 5.31. The van der Waals surface area contributed by atoms with Crippen LogP contribution in [0.25, 0.3) is 0 Å². The molecule has 2 aliphatic rings. The number of nitrogens with zero attached hydrogens (tertiary/aromatic N) is 2. The Kier molecular flexibility index (Phi) is 6.01. The quantitative estimate of drug-likeness (QED) is 0.673. The number of fused-ring (bicyclic) bond motifs is 1. The van der Waals surface area contributed by atoms with Gasteiger partial charge in [0.05, 0.1) is 21.7 Å². The Morgan fingerprint density at radius 2 is 1.87 bits per heavy atom. The van der Waals surface area contributed by atoms with Gasteiger partial charge in [0.1, 0.15) is 0 Å². The number of nitrogens with one attached hydrogen (secondary N) is 1. The molecule has 1 N–H and O–H groups in total. The van der Waals surface area contributed by atoms with Crippen LogP contribution < -0.4 is 10.2 Å². The van der Waals surface area contributed by atoms with Gasteiger partial charge >= 0.3 is 0 Å². The highest BCUT2D eigenvalue weighted by atomic mass is 35.5. The van der Waals surface area contributed by atoms with E-state index in [1.165, 1.54) is 0 Å². The first-order valence-corrected chi connectivity index (χ1v) is 11.5. The molecule has 31 heavy (non-hydrogen) atoms. The second kappa shape index (κ2) is 8.44. The highest BCUT2D eigenvalue weighted by molar-refractivity contribution is 6.31. The molecule has 0 bridgehead atoms. The van der Waals surface area contributed by atoms with Gasteiger partial charge in [0, 0.05) is 29.5 Å². The van der Waals surface area contributed by atoms with Gasteiger partial charge in [-0.1, -0.05) is 29.3 Å². The fraction of sp³-hybridized carbons (Fsp3) is 0.458. The lowest BCUT2D eigenvalue weighted by Crippen LogP contribution is -2.42. The fourth-order valence-corrected chi connectivity index (χ4v) is 5.07. The van der Waals surface area contributed by atoms with E-state index in [4.69, 9.17) is 23.2 Å². The maximum atomic E-state index is 13.1. The lowest BCUT2D eigenvalue weighted by atomic mass is 9.85. The van der Waals surface area contributed by atoms with Gasteiger partial charge in [-0.3, -0.25) is 14.6 Å². The average Bonchev–Trinajstić information content (AvgIpc) is 2.91. The van der Waals surface area contributed by atoms with Crippen LogP contribution in [0, 0.1) is 12.8 Å². The summed E-state index contributed by atoms with van der Waals surface area (Å²) in [6.07, 6.45) is 5.23. The molecular weight excluding hydrogens is 433 g/mol. The molecule has 0 atom stereocenters. The lowest BCUT2D eigenvalue weighted by Gasteiger charge is -2.32. The summed E-state index contributed by atoms with van der Waals surface area (Å²) in [6.45, 7) is 6.44. The minimum absolute atomic E-state index is 0.120. The van der Waals surface area contributed by atoms with Crippen molar-refractivity contribution in [1.82, 2.24) is 10.3 Å². The van der Waals surface area contributed by atoms with Crippen molar-refractivity contribution >= 4 is 40.7 Å². The summed E-state index contributed by atoms with van der Waals surface area (Å²) in [7, 11) is 0. The first-order valence-electron chi connectivity index (χ1n) is 10.7. The molecule has 1 saturated carbocycles. The van der Waals surface area contributed by atoms with Gasteiger partial charge in [-0.2, -0.15) is 0 Å². The minimum Gasteiger partial charge on any atom is -0.349 e. The van der Waals surface area contributed by atoms with Gasteiger partial charge in [-0.25, -0.2) is 0 Å². The van der Waals surface area contributed by atoms with Crippen LogP contribution in [0.5, 0.6) is 0 Å². The summed E-state index contributed by atoms with van der Waals surface area (Å²) in [6, 6.07) is 7.50. The molecule has 1 aliphatic heterocycles. The summed E-state index contributed by atoms with van der Waals surface area (Å²) >= 11 is 12.2. The lowest BCUT2D eigenvalue weighted by molar-refractivity contribution is -0.122. The molecule has 0 radical (unpaired) electrons. The van der Waals surface area contributed by atoms with E-state index >= 15 is 0 Å². The molecule has 1 aromatic heterocycles. The Morgan fingerprint density at radius 1 is 1.16 bits per heavy atom. The van der Waals surface area contributed by atoms with Crippen molar-refractivity contribution in [3.8, 4) is 0 Å². The molecule has 0 unspecified atom stereocenters. The predicted molar refractivity (Wildman–Crippen MR) is 124 cm³/mol. The maximum absolute atomic E-state index is 13.1. The number of hydrogen-bond donors (Lipinski definition) is 1. The van der Waals surface area contributed by atoms with Crippen LogP contribution in [-0.4, -0.2) is 29.4 Å². The first kappa shape index (κ1) is 22.1. The molecule has 0 spiro atoms. The molecule has 1 aromatic carbocycles. The van der Waals surface area contributed by atoms with Crippen molar-refractivity contribution in [3.05, 3.63) is 57.3 Å². The van der Waals surface area contributed by atoms with Gasteiger partial charge in [0.15, 0.2) is 0 Å². The fourth-order valence-electron chi connectivity index (χ4n) is 4.75. The minimum atomic E-state index is -0.534. The van der Waals surface area contributed by atoms with E-state index in [1.54, 1.807) is 19.2 Å². The molecule has 1 fully saturated rings. The third-order valence-corrected chi connectivity index (χ3v) is 7.07. The van der Waals surface area contributed by atoms with Crippen LogP contribution >= 0.6 is 23.2 Å². The standard InChI is InChI=1S/C24H27Cl2N3O2/c1-14-19(10-17(26)12-27-14)22(30)28-18-7-4-15(5-8-18)13-29-21-11-16(25)6-9-20(21)24(2,3)23(29)31/h6,9-12,15,18H,4-5,7-8,13H2,1-3H3,(H,28,30)/t15-,18-. The summed E-state index contributed by atoms with van der Waals surface area (Å²) in [4.78, 5) is 31.8. The number of carbonyl (C=O) groups is 2. The monoisotopic (exact) mass is 459 g/mol. The van der Waals surface area contributed by atoms with E-state index in [0.717, 1.165) is 36.9 Å². The van der Waals surface area contributed by atoms with Crippen molar-refractivity contribution in [2.75, 3.05) is 11.4 Å². The number of pyridine rings is 1. The van der Waals surface area contributed by atoms with Gasteiger partial charge in [-0.05, 0) is 76.1 Å². The highest BCUT2D eigenvalue weighted by Gasteiger charge is 2.44. The Labute approximate surface area is 193 Å². The maximum Gasteiger partial charge on any atom is 0.253 e. The molecule has 4 rings (SSSR count). The number of hydrogen-bond acceptors (Lipinski definition) is 3. The van der Waals surface area contributed by atoms with Crippen LogP contribution in [0.4, 0.5) is 5.69 Å². The first-order chi connectivity index (χ1) is 14.7. The average molecular weight is 460 g/mol. The van der Waals surface area contributed by atoms with E-state index in [2.05, 4.69) is 10.3 Å². The molecule has 0 saturated heterocycles. The number of benzene rings is 1. The van der Waals surface area contributed by atoms with Gasteiger partial charge in [0.25, 0.3) is 5.91 Å². The number of halogens is 2. The zero-order valence-electron chi connectivity index (χ0n) is 18.0. The molecule has 7 heteroatoms. The van der Waals surface area contributed by atoms with Crippen LogP contribution in [0.3, 0.4) is 0 Å². The number of aryl methyl sites for hydroxylation is 1. The number of rotatable bonds is 4. The Bertz CT molecular complexity index is 1030. The van der Waals surface area contributed by atoms with E-state index in [9.17, 15) is 9.59 Å². The zero-order valence-corrected chi connectivity index (χ0v) is 19.6. The van der Waals surface area contributed by atoms with Gasteiger partial charge in [0.2, 0.25) is 5.91 Å². The topological polar surface area (TPSA) is 62.3 Å². The summed E-state index contributed by atoms with van der Waals surface area (Å²) in [5, 5.41) is 4.23. The largest absolute Gasteiger partial charge is 0.349 e. The van der Waals surface area contributed by atoms with Crippen molar-refractivity contribution in [3.63, 3.8) is 0 Å². The third-order valence-electron chi connectivity index (χ3n) is 6.62. The van der Waals surface area contributed by atoms with Crippen LogP contribution in [-0.2, 0) is 10.2 Å². The van der Waals surface area contributed by atoms with Crippen LogP contribution in [0.15, 0.2) is 30.5 Å². The zero-order chi connectivity index (χ0) is 22.3. The molecule has 1 aliphatic carbocycles. The Hall–Kier alpha value is -2.11. The molecule has 2 heterocycles. The number of anilines is 1. The number of carbonyl (C=O) groups excluding carboxylic acids is 2. The Balaban J connectivity index is 1.38. The smallest absolute Gasteiger partial charge is 0.253 e. The van der Waals surface area contributed by atoms with E-state index in [0.29, 0.717) is 33.8 Å². The molecular formula is C24H27Cl2N3O2. The third kappa shape index (κ3) is 4.31. The SMILES string of the molecule is Cc1ncc(Cl)cc1C(=O)N[C@H]1CC[C@H](CN2C(=O)C(C)(C)c3ccc(Cl)cc32)CC1. The summed E-state index contributed by atoms with van der Waals surface area (Å²) < 4.78 is 0. The summed E-state index contributed by atoms with van der Waals surface area (Å²) in [5.74, 6) is 0.396. The molecule has 164 valence electrons. The highest BCUT2D eigenvalue weighted by Crippen LogP contribution is 2.43. The summed E-state index contributed by atoms with van der Waals surface area (Å²) in [5.41, 5.74) is 2.62. The molecule has 2 amide bonds. The van der Waals surface area contributed by atoms with Gasteiger partial charge < -0.3 is 10.2 Å².